The van der Waals surface area contributed by atoms with Gasteiger partial charge in [0.1, 0.15) is 13.1 Å². The van der Waals surface area contributed by atoms with E-state index < -0.39 is 13.7 Å². The number of fused-ring (bicyclic) bond motifs is 1. The van der Waals surface area contributed by atoms with Crippen molar-refractivity contribution in [1.29, 1.82) is 0 Å². The first-order chi connectivity index (χ1) is 15.1. The molecule has 1 saturated carbocycles. The van der Waals surface area contributed by atoms with Crippen LogP contribution in [0.25, 0.3) is 0 Å². The lowest BCUT2D eigenvalue weighted by atomic mass is 9.54. The summed E-state index contributed by atoms with van der Waals surface area (Å²) in [4.78, 5) is 12.5. The largest absolute Gasteiger partial charge is 1.00 e. The van der Waals surface area contributed by atoms with Crippen molar-refractivity contribution in [3.8, 4) is 0 Å². The summed E-state index contributed by atoms with van der Waals surface area (Å²) in [5, 5.41) is 11.8. The first-order valence-electron chi connectivity index (χ1n) is 13.3. The number of halogens is 1. The minimum Gasteiger partial charge on any atom is -1.00 e. The number of carbonyl (C=O) groups is 1. The van der Waals surface area contributed by atoms with Crippen LogP contribution < -0.4 is 17.0 Å². The van der Waals surface area contributed by atoms with Gasteiger partial charge in [-0.2, -0.15) is 0 Å². The Morgan fingerprint density at radius 1 is 1.15 bits per heavy atom. The van der Waals surface area contributed by atoms with Crippen molar-refractivity contribution in [2.45, 2.75) is 117 Å². The summed E-state index contributed by atoms with van der Waals surface area (Å²) in [6, 6.07) is 0. The zero-order chi connectivity index (χ0) is 24.8. The van der Waals surface area contributed by atoms with Crippen molar-refractivity contribution in [2.75, 3.05) is 19.7 Å². The van der Waals surface area contributed by atoms with Crippen LogP contribution in [0.15, 0.2) is 0 Å². The van der Waals surface area contributed by atoms with E-state index in [9.17, 15) is 9.90 Å². The molecule has 5 nitrogen and oxygen atoms in total. The molecule has 1 aliphatic carbocycles. The summed E-state index contributed by atoms with van der Waals surface area (Å²) in [6.45, 7) is 22.1. The number of rotatable bonds is 5. The van der Waals surface area contributed by atoms with Crippen LogP contribution in [0.2, 0.25) is 18.1 Å². The third-order valence-corrected chi connectivity index (χ3v) is 13.6. The number of aliphatic hydroxyl groups excluding tert-OH is 1. The van der Waals surface area contributed by atoms with Gasteiger partial charge < -0.3 is 31.3 Å². The van der Waals surface area contributed by atoms with E-state index >= 15 is 0 Å². The van der Waals surface area contributed by atoms with Gasteiger partial charge in [-0.1, -0.05) is 27.7 Å². The Hall–Kier alpha value is -0.243. The molecule has 0 unspecified atom stereocenters. The predicted octanol–water partition coefficient (Wildman–Crippen LogP) is 2.40. The number of ether oxygens (including phenoxy) is 1. The molecule has 3 rings (SSSR count). The molecule has 5 atom stereocenters. The Balaban J connectivity index is 0.00000408. The normalized spacial score (nSPS) is 32.4. The molecular formula is C27H50BrNO4Si. The summed E-state index contributed by atoms with van der Waals surface area (Å²) in [6.07, 6.45) is 5.65. The Kier molecular flexibility index (Phi) is 9.37. The Bertz CT molecular complexity index is 770. The van der Waals surface area contributed by atoms with Crippen LogP contribution in [-0.2, 0) is 14.0 Å². The fourth-order valence-electron chi connectivity index (χ4n) is 6.23. The monoisotopic (exact) mass is 559 g/mol. The van der Waals surface area contributed by atoms with E-state index in [4.69, 9.17) is 9.16 Å². The van der Waals surface area contributed by atoms with Gasteiger partial charge in [0.05, 0.1) is 29.6 Å². The molecule has 1 fully saturated rings. The molecule has 0 bridgehead atoms. The molecule has 0 aromatic heterocycles. The summed E-state index contributed by atoms with van der Waals surface area (Å²) in [7, 11) is -2.01. The van der Waals surface area contributed by atoms with E-state index in [1.54, 1.807) is 0 Å². The molecule has 7 heteroatoms. The second-order valence-corrected chi connectivity index (χ2v) is 18.3. The first-order valence-corrected chi connectivity index (χ1v) is 16.2. The van der Waals surface area contributed by atoms with Crippen LogP contribution in [-0.4, -0.2) is 61.6 Å². The number of esters is 1. The Morgan fingerprint density at radius 3 is 2.35 bits per heavy atom. The SMILES string of the molecule is C[C@H]1C[C@H](O)[C@]2(CCC[N+]3=C2CCC3)[C@H](CCOC(=O)C(C)(C)C)[C@H]1O[Si](C)(C)C(C)(C)C.[Br-]. The van der Waals surface area contributed by atoms with Gasteiger partial charge in [-0.15, -0.1) is 0 Å². The molecule has 3 aliphatic rings. The van der Waals surface area contributed by atoms with Crippen molar-refractivity contribution in [3.63, 3.8) is 0 Å². The van der Waals surface area contributed by atoms with Crippen LogP contribution in [0.1, 0.15) is 87.0 Å². The molecular weight excluding hydrogens is 510 g/mol. The molecule has 0 aromatic rings. The van der Waals surface area contributed by atoms with E-state index in [-0.39, 0.29) is 57.4 Å². The van der Waals surface area contributed by atoms with Gasteiger partial charge in [0, 0.05) is 25.2 Å². The van der Waals surface area contributed by atoms with Crippen molar-refractivity contribution in [2.24, 2.45) is 22.7 Å². The van der Waals surface area contributed by atoms with Gasteiger partial charge in [-0.05, 0) is 64.1 Å². The first kappa shape index (κ1) is 30.0. The van der Waals surface area contributed by atoms with Crippen LogP contribution >= 0.6 is 0 Å². The van der Waals surface area contributed by atoms with Gasteiger partial charge in [-0.25, -0.2) is 4.58 Å². The van der Waals surface area contributed by atoms with E-state index in [1.165, 1.54) is 12.1 Å². The topological polar surface area (TPSA) is 58.8 Å². The number of hydrogen-bond donors (Lipinski definition) is 1. The fourth-order valence-corrected chi connectivity index (χ4v) is 7.67. The summed E-state index contributed by atoms with van der Waals surface area (Å²) < 4.78 is 15.5. The van der Waals surface area contributed by atoms with Crippen LogP contribution in [0.3, 0.4) is 0 Å². The van der Waals surface area contributed by atoms with Gasteiger partial charge in [0.25, 0.3) is 0 Å². The Morgan fingerprint density at radius 2 is 1.76 bits per heavy atom. The van der Waals surface area contributed by atoms with Crippen LogP contribution in [0, 0.1) is 22.7 Å². The standard InChI is InChI=1S/C27H50NO4Si.BrH/c1-19-18-22(29)27(14-11-16-28-15-10-12-21(27)28)20(13-17-31-24(30)25(2,3)4)23(19)32-33(8,9)26(5,6)7;/h19-20,22-23,29H,10-18H2,1-9H3;1H/q+1;/p-1/t19-,20+,22-,23-,27+;/m0./s1. The highest BCUT2D eigenvalue weighted by Crippen LogP contribution is 2.54. The van der Waals surface area contributed by atoms with Gasteiger partial charge in [0.15, 0.2) is 14.0 Å². The lowest BCUT2D eigenvalue weighted by molar-refractivity contribution is -0.531. The molecule has 2 aliphatic heterocycles. The minimum absolute atomic E-state index is 0. The van der Waals surface area contributed by atoms with Crippen molar-refractivity contribution in [1.82, 2.24) is 0 Å². The second-order valence-electron chi connectivity index (χ2n) is 13.5. The van der Waals surface area contributed by atoms with E-state index in [0.717, 1.165) is 45.2 Å². The third-order valence-electron chi connectivity index (χ3n) is 9.10. The summed E-state index contributed by atoms with van der Waals surface area (Å²) in [5.41, 5.74) is 0.711. The predicted molar refractivity (Wildman–Crippen MR) is 136 cm³/mol. The Labute approximate surface area is 220 Å². The molecule has 1 spiro atoms. The van der Waals surface area contributed by atoms with Crippen molar-refractivity contribution >= 4 is 20.0 Å². The van der Waals surface area contributed by atoms with Gasteiger partial charge in [-0.3, -0.25) is 4.79 Å². The molecule has 2 heterocycles. The second kappa shape index (κ2) is 10.6. The number of hydrogen-bond acceptors (Lipinski definition) is 4. The maximum absolute atomic E-state index is 12.5. The highest BCUT2D eigenvalue weighted by Gasteiger charge is 2.62. The van der Waals surface area contributed by atoms with Crippen molar-refractivity contribution in [3.05, 3.63) is 0 Å². The van der Waals surface area contributed by atoms with Crippen LogP contribution in [0.5, 0.6) is 0 Å². The average molecular weight is 561 g/mol. The molecule has 34 heavy (non-hydrogen) atoms. The number of nitrogens with zero attached hydrogens (tertiary/aromatic N) is 1. The highest BCUT2D eigenvalue weighted by atomic mass is 79.9. The molecule has 0 aromatic carbocycles. The van der Waals surface area contributed by atoms with Crippen LogP contribution in [0.4, 0.5) is 0 Å². The minimum atomic E-state index is -2.01. The fraction of sp³-hybridized carbons (Fsp3) is 0.926. The molecule has 0 saturated heterocycles. The number of aliphatic hydroxyl groups is 1. The maximum atomic E-state index is 12.5. The summed E-state index contributed by atoms with van der Waals surface area (Å²) >= 11 is 0. The number of carbonyl (C=O) groups excluding carboxylic acids is 1. The summed E-state index contributed by atoms with van der Waals surface area (Å²) in [5.74, 6) is 0.288. The zero-order valence-corrected chi connectivity index (χ0v) is 25.8. The smallest absolute Gasteiger partial charge is 0.311 e. The molecule has 198 valence electrons. The molecule has 0 radical (unpaired) electrons. The van der Waals surface area contributed by atoms with E-state index in [2.05, 4.69) is 45.4 Å². The molecule has 0 amide bonds. The quantitative estimate of drug-likeness (QED) is 0.319. The van der Waals surface area contributed by atoms with E-state index in [0.29, 0.717) is 6.61 Å². The van der Waals surface area contributed by atoms with Crippen molar-refractivity contribution < 1.29 is 40.6 Å². The van der Waals surface area contributed by atoms with E-state index in [1.807, 2.05) is 20.8 Å². The highest BCUT2D eigenvalue weighted by molar-refractivity contribution is 6.74. The lowest BCUT2D eigenvalue weighted by Crippen LogP contribution is -3.00. The van der Waals surface area contributed by atoms with Gasteiger partial charge >= 0.3 is 5.97 Å². The average Bonchev–Trinajstić information content (AvgIpc) is 3.16. The zero-order valence-electron chi connectivity index (χ0n) is 23.2. The van der Waals surface area contributed by atoms with Gasteiger partial charge in [0.2, 0.25) is 0 Å². The third kappa shape index (κ3) is 5.68. The lowest BCUT2D eigenvalue weighted by Gasteiger charge is -2.55. The maximum Gasteiger partial charge on any atom is 0.311 e. The molecule has 1 N–H and O–H groups in total.